The van der Waals surface area contributed by atoms with Gasteiger partial charge in [-0.05, 0) is 28.7 Å². The van der Waals surface area contributed by atoms with Crippen LogP contribution in [0.3, 0.4) is 0 Å². The molecule has 0 aliphatic heterocycles. The SMILES string of the molecule is Cc1ncc([N+](=O)[O-])n1Cc1ccc(-n2cccn2)cc1. The van der Waals surface area contributed by atoms with Crippen molar-refractivity contribution in [2.24, 2.45) is 0 Å². The number of hydrogen-bond donors (Lipinski definition) is 0. The van der Waals surface area contributed by atoms with Gasteiger partial charge in [-0.25, -0.2) is 14.2 Å². The summed E-state index contributed by atoms with van der Waals surface area (Å²) in [5, 5.41) is 15.1. The average molecular weight is 283 g/mol. The molecule has 106 valence electrons. The van der Waals surface area contributed by atoms with Gasteiger partial charge in [-0.2, -0.15) is 5.10 Å². The van der Waals surface area contributed by atoms with Crippen LogP contribution in [0.5, 0.6) is 0 Å². The summed E-state index contributed by atoms with van der Waals surface area (Å²) in [6, 6.07) is 9.58. The summed E-state index contributed by atoms with van der Waals surface area (Å²) in [4.78, 5) is 14.5. The molecule has 0 aliphatic rings. The molecule has 0 unspecified atom stereocenters. The molecule has 0 spiro atoms. The Morgan fingerprint density at radius 2 is 2.05 bits per heavy atom. The first-order valence-electron chi connectivity index (χ1n) is 6.40. The van der Waals surface area contributed by atoms with Crippen LogP contribution in [0.4, 0.5) is 5.82 Å². The quantitative estimate of drug-likeness (QED) is 0.543. The normalized spacial score (nSPS) is 10.7. The second kappa shape index (κ2) is 5.20. The molecule has 0 amide bonds. The highest BCUT2D eigenvalue weighted by atomic mass is 16.6. The Bertz CT molecular complexity index is 759. The van der Waals surface area contributed by atoms with Crippen molar-refractivity contribution in [3.8, 4) is 5.69 Å². The Morgan fingerprint density at radius 3 is 2.67 bits per heavy atom. The Morgan fingerprint density at radius 1 is 1.29 bits per heavy atom. The highest BCUT2D eigenvalue weighted by molar-refractivity contribution is 5.34. The van der Waals surface area contributed by atoms with Crippen LogP contribution in [0, 0.1) is 17.0 Å². The van der Waals surface area contributed by atoms with E-state index in [9.17, 15) is 10.1 Å². The summed E-state index contributed by atoms with van der Waals surface area (Å²) >= 11 is 0. The van der Waals surface area contributed by atoms with Gasteiger partial charge in [0.1, 0.15) is 12.7 Å². The Kier molecular flexibility index (Phi) is 3.23. The smallest absolute Gasteiger partial charge is 0.343 e. The van der Waals surface area contributed by atoms with E-state index in [1.54, 1.807) is 22.4 Å². The van der Waals surface area contributed by atoms with Crippen molar-refractivity contribution in [3.63, 3.8) is 0 Å². The molecule has 0 atom stereocenters. The molecule has 0 aliphatic carbocycles. The standard InChI is InChI=1S/C14H13N5O2/c1-11-15-9-14(19(20)21)17(11)10-12-3-5-13(6-4-12)18-8-2-7-16-18/h2-9H,10H2,1H3. The highest BCUT2D eigenvalue weighted by Crippen LogP contribution is 2.17. The number of nitro groups is 1. The predicted molar refractivity (Wildman–Crippen MR) is 76.3 cm³/mol. The summed E-state index contributed by atoms with van der Waals surface area (Å²) in [6.07, 6.45) is 4.86. The molecule has 2 aromatic heterocycles. The zero-order valence-corrected chi connectivity index (χ0v) is 11.4. The van der Waals surface area contributed by atoms with Crippen LogP contribution in [-0.2, 0) is 6.54 Å². The fourth-order valence-electron chi connectivity index (χ4n) is 2.16. The predicted octanol–water partition coefficient (Wildman–Crippen LogP) is 2.33. The second-order valence-corrected chi connectivity index (χ2v) is 4.62. The summed E-state index contributed by atoms with van der Waals surface area (Å²) < 4.78 is 3.34. The van der Waals surface area contributed by atoms with E-state index in [1.165, 1.54) is 6.20 Å². The molecular formula is C14H13N5O2. The van der Waals surface area contributed by atoms with Crippen LogP contribution < -0.4 is 0 Å². The first-order valence-corrected chi connectivity index (χ1v) is 6.40. The highest BCUT2D eigenvalue weighted by Gasteiger charge is 2.17. The van der Waals surface area contributed by atoms with Gasteiger partial charge in [0.2, 0.25) is 0 Å². The van der Waals surface area contributed by atoms with Crippen molar-refractivity contribution < 1.29 is 4.92 Å². The molecule has 0 N–H and O–H groups in total. The van der Waals surface area contributed by atoms with Gasteiger partial charge in [-0.1, -0.05) is 12.1 Å². The Balaban J connectivity index is 1.86. The van der Waals surface area contributed by atoms with Gasteiger partial charge in [0.15, 0.2) is 5.82 Å². The maximum atomic E-state index is 11.0. The van der Waals surface area contributed by atoms with E-state index in [4.69, 9.17) is 0 Å². The number of aryl methyl sites for hydroxylation is 1. The fourth-order valence-corrected chi connectivity index (χ4v) is 2.16. The molecule has 21 heavy (non-hydrogen) atoms. The minimum Gasteiger partial charge on any atom is -0.358 e. The van der Waals surface area contributed by atoms with E-state index in [0.29, 0.717) is 12.4 Å². The molecule has 0 saturated carbocycles. The van der Waals surface area contributed by atoms with Crippen molar-refractivity contribution in [3.05, 3.63) is 70.4 Å². The molecule has 7 nitrogen and oxygen atoms in total. The lowest BCUT2D eigenvalue weighted by atomic mass is 10.2. The summed E-state index contributed by atoms with van der Waals surface area (Å²) in [5.41, 5.74) is 1.91. The van der Waals surface area contributed by atoms with Crippen molar-refractivity contribution in [1.82, 2.24) is 19.3 Å². The van der Waals surface area contributed by atoms with Gasteiger partial charge in [0, 0.05) is 19.3 Å². The van der Waals surface area contributed by atoms with Gasteiger partial charge < -0.3 is 10.1 Å². The van der Waals surface area contributed by atoms with Crippen LogP contribution in [0.2, 0.25) is 0 Å². The monoisotopic (exact) mass is 283 g/mol. The van der Waals surface area contributed by atoms with E-state index < -0.39 is 4.92 Å². The molecule has 0 fully saturated rings. The van der Waals surface area contributed by atoms with E-state index in [-0.39, 0.29) is 5.82 Å². The number of benzene rings is 1. The molecule has 0 radical (unpaired) electrons. The average Bonchev–Trinajstić information content (AvgIpc) is 3.11. The van der Waals surface area contributed by atoms with Gasteiger partial charge >= 0.3 is 5.82 Å². The molecule has 3 rings (SSSR count). The molecule has 0 bridgehead atoms. The second-order valence-electron chi connectivity index (χ2n) is 4.62. The van der Waals surface area contributed by atoms with Crippen molar-refractivity contribution in [2.75, 3.05) is 0 Å². The van der Waals surface area contributed by atoms with Crippen molar-refractivity contribution >= 4 is 5.82 Å². The third-order valence-corrected chi connectivity index (χ3v) is 3.27. The molecule has 7 heteroatoms. The van der Waals surface area contributed by atoms with E-state index in [1.807, 2.05) is 36.5 Å². The maximum absolute atomic E-state index is 11.0. The molecular weight excluding hydrogens is 270 g/mol. The van der Waals surface area contributed by atoms with Crippen LogP contribution in [0.15, 0.2) is 48.9 Å². The summed E-state index contributed by atoms with van der Waals surface area (Å²) in [7, 11) is 0. The summed E-state index contributed by atoms with van der Waals surface area (Å²) in [5.74, 6) is 0.626. The zero-order chi connectivity index (χ0) is 14.8. The number of imidazole rings is 1. The fraction of sp³-hybridized carbons (Fsp3) is 0.143. The van der Waals surface area contributed by atoms with Gasteiger partial charge in [0.05, 0.1) is 5.69 Å². The topological polar surface area (TPSA) is 78.8 Å². The van der Waals surface area contributed by atoms with Crippen LogP contribution in [0.25, 0.3) is 5.69 Å². The lowest BCUT2D eigenvalue weighted by Crippen LogP contribution is -2.06. The third kappa shape index (κ3) is 2.53. The zero-order valence-electron chi connectivity index (χ0n) is 11.4. The number of aromatic nitrogens is 4. The molecule has 0 saturated heterocycles. The molecule has 2 heterocycles. The van der Waals surface area contributed by atoms with Crippen molar-refractivity contribution in [2.45, 2.75) is 13.5 Å². The lowest BCUT2D eigenvalue weighted by molar-refractivity contribution is -0.392. The molecule has 3 aromatic rings. The minimum atomic E-state index is -0.419. The minimum absolute atomic E-state index is 0.00338. The Hall–Kier alpha value is -2.96. The lowest BCUT2D eigenvalue weighted by Gasteiger charge is -2.05. The number of rotatable bonds is 4. The van der Waals surface area contributed by atoms with Crippen LogP contribution in [0.1, 0.15) is 11.4 Å². The molecule has 1 aromatic carbocycles. The third-order valence-electron chi connectivity index (χ3n) is 3.27. The largest absolute Gasteiger partial charge is 0.358 e. The van der Waals surface area contributed by atoms with Crippen molar-refractivity contribution in [1.29, 1.82) is 0 Å². The Labute approximate surface area is 120 Å². The van der Waals surface area contributed by atoms with E-state index in [0.717, 1.165) is 11.3 Å². The van der Waals surface area contributed by atoms with Crippen LogP contribution >= 0.6 is 0 Å². The number of nitrogens with zero attached hydrogens (tertiary/aromatic N) is 5. The van der Waals surface area contributed by atoms with E-state index in [2.05, 4.69) is 10.1 Å². The van der Waals surface area contributed by atoms with Gasteiger partial charge in [-0.3, -0.25) is 0 Å². The number of hydrogen-bond acceptors (Lipinski definition) is 4. The van der Waals surface area contributed by atoms with Crippen LogP contribution in [-0.4, -0.2) is 24.3 Å². The maximum Gasteiger partial charge on any atom is 0.343 e. The first kappa shape index (κ1) is 13.0. The first-order chi connectivity index (χ1) is 10.1. The van der Waals surface area contributed by atoms with Gasteiger partial charge in [-0.15, -0.1) is 0 Å². The van der Waals surface area contributed by atoms with Gasteiger partial charge in [0.25, 0.3) is 0 Å². The summed E-state index contributed by atoms with van der Waals surface area (Å²) in [6.45, 7) is 2.17. The van der Waals surface area contributed by atoms with E-state index >= 15 is 0 Å².